The minimum absolute atomic E-state index is 0.293. The fraction of sp³-hybridized carbons (Fsp3) is 1.00. The highest BCUT2D eigenvalue weighted by molar-refractivity contribution is 4.56. The molecular weight excluding hydrogens is 154 g/mol. The first-order valence-corrected chi connectivity index (χ1v) is 4.61. The Bertz CT molecular complexity index is 88.6. The largest absolute Gasteiger partial charge is 0.396 e. The van der Waals surface area contributed by atoms with Gasteiger partial charge in [-0.05, 0) is 31.8 Å². The Kier molecular flexibility index (Phi) is 8.88. The zero-order valence-corrected chi connectivity index (χ0v) is 8.18. The maximum Gasteiger partial charge on any atom is 0.0474 e. The van der Waals surface area contributed by atoms with Crippen LogP contribution in [0.4, 0.5) is 0 Å². The van der Waals surface area contributed by atoms with Crippen LogP contribution in [-0.4, -0.2) is 38.5 Å². The first kappa shape index (κ1) is 11.9. The molecule has 0 saturated heterocycles. The Morgan fingerprint density at radius 2 is 2.25 bits per heavy atom. The average molecular weight is 175 g/mol. The van der Waals surface area contributed by atoms with E-state index in [0.717, 1.165) is 32.5 Å². The molecular formula is C9H21NO2. The van der Waals surface area contributed by atoms with Gasteiger partial charge in [0.25, 0.3) is 0 Å². The van der Waals surface area contributed by atoms with Gasteiger partial charge in [0.05, 0.1) is 0 Å². The summed E-state index contributed by atoms with van der Waals surface area (Å²) in [5, 5.41) is 11.9. The molecule has 0 fully saturated rings. The van der Waals surface area contributed by atoms with Crippen LogP contribution in [0.5, 0.6) is 0 Å². The SMILES string of the molecule is COCCCNCC(C)CCO. The topological polar surface area (TPSA) is 41.5 Å². The third kappa shape index (κ3) is 7.98. The summed E-state index contributed by atoms with van der Waals surface area (Å²) in [6, 6.07) is 0. The molecule has 0 aromatic carbocycles. The monoisotopic (exact) mass is 175 g/mol. The van der Waals surface area contributed by atoms with Gasteiger partial charge in [0, 0.05) is 20.3 Å². The van der Waals surface area contributed by atoms with Gasteiger partial charge in [-0.25, -0.2) is 0 Å². The van der Waals surface area contributed by atoms with E-state index in [1.54, 1.807) is 7.11 Å². The maximum absolute atomic E-state index is 8.63. The molecule has 0 aromatic rings. The van der Waals surface area contributed by atoms with Crippen molar-refractivity contribution in [3.05, 3.63) is 0 Å². The molecule has 0 rings (SSSR count). The Morgan fingerprint density at radius 3 is 2.83 bits per heavy atom. The van der Waals surface area contributed by atoms with Crippen molar-refractivity contribution in [3.8, 4) is 0 Å². The summed E-state index contributed by atoms with van der Waals surface area (Å²) >= 11 is 0. The molecule has 1 unspecified atom stereocenters. The smallest absolute Gasteiger partial charge is 0.0474 e. The number of aliphatic hydroxyl groups excluding tert-OH is 1. The van der Waals surface area contributed by atoms with E-state index in [0.29, 0.717) is 12.5 Å². The summed E-state index contributed by atoms with van der Waals surface area (Å²) in [5.41, 5.74) is 0. The summed E-state index contributed by atoms with van der Waals surface area (Å²) in [6.07, 6.45) is 1.94. The molecule has 0 aliphatic heterocycles. The van der Waals surface area contributed by atoms with Crippen LogP contribution >= 0.6 is 0 Å². The van der Waals surface area contributed by atoms with Gasteiger partial charge in [0.2, 0.25) is 0 Å². The van der Waals surface area contributed by atoms with Crippen molar-refractivity contribution < 1.29 is 9.84 Å². The van der Waals surface area contributed by atoms with Crippen LogP contribution in [0.3, 0.4) is 0 Å². The van der Waals surface area contributed by atoms with Gasteiger partial charge in [-0.3, -0.25) is 0 Å². The second kappa shape index (κ2) is 8.97. The van der Waals surface area contributed by atoms with Gasteiger partial charge < -0.3 is 15.2 Å². The summed E-state index contributed by atoms with van der Waals surface area (Å²) in [7, 11) is 1.72. The van der Waals surface area contributed by atoms with Crippen molar-refractivity contribution >= 4 is 0 Å². The van der Waals surface area contributed by atoms with Crippen molar-refractivity contribution in [2.24, 2.45) is 5.92 Å². The molecule has 0 radical (unpaired) electrons. The molecule has 3 heteroatoms. The summed E-state index contributed by atoms with van der Waals surface area (Å²) in [6.45, 7) is 5.25. The first-order chi connectivity index (χ1) is 5.81. The highest BCUT2D eigenvalue weighted by Crippen LogP contribution is 1.97. The molecule has 1 atom stereocenters. The Hall–Kier alpha value is -0.120. The molecule has 0 amide bonds. The third-order valence-electron chi connectivity index (χ3n) is 1.82. The zero-order chi connectivity index (χ0) is 9.23. The fourth-order valence-corrected chi connectivity index (χ4v) is 1.01. The van der Waals surface area contributed by atoms with E-state index in [9.17, 15) is 0 Å². The molecule has 0 spiro atoms. The molecule has 74 valence electrons. The minimum atomic E-state index is 0.293. The van der Waals surface area contributed by atoms with Crippen LogP contribution in [0.1, 0.15) is 19.8 Å². The molecule has 0 heterocycles. The molecule has 12 heavy (non-hydrogen) atoms. The second-order valence-corrected chi connectivity index (χ2v) is 3.17. The van der Waals surface area contributed by atoms with Crippen molar-refractivity contribution in [1.29, 1.82) is 0 Å². The van der Waals surface area contributed by atoms with E-state index in [2.05, 4.69) is 12.2 Å². The lowest BCUT2D eigenvalue weighted by Crippen LogP contribution is -2.23. The Balaban J connectivity index is 2.97. The van der Waals surface area contributed by atoms with Crippen LogP contribution in [0.15, 0.2) is 0 Å². The van der Waals surface area contributed by atoms with Crippen molar-refractivity contribution in [2.45, 2.75) is 19.8 Å². The molecule has 0 bridgehead atoms. The number of rotatable bonds is 8. The Labute approximate surface area is 75.1 Å². The molecule has 3 nitrogen and oxygen atoms in total. The van der Waals surface area contributed by atoms with E-state index in [-0.39, 0.29) is 0 Å². The number of aliphatic hydroxyl groups is 1. The van der Waals surface area contributed by atoms with E-state index < -0.39 is 0 Å². The molecule has 0 aliphatic rings. The van der Waals surface area contributed by atoms with Gasteiger partial charge in [0.15, 0.2) is 0 Å². The predicted octanol–water partition coefficient (Wildman–Crippen LogP) is 0.631. The predicted molar refractivity (Wildman–Crippen MR) is 50.2 cm³/mol. The van der Waals surface area contributed by atoms with E-state index in [4.69, 9.17) is 9.84 Å². The lowest BCUT2D eigenvalue weighted by molar-refractivity contribution is 0.193. The number of methoxy groups -OCH3 is 1. The Morgan fingerprint density at radius 1 is 1.50 bits per heavy atom. The summed E-state index contributed by atoms with van der Waals surface area (Å²) < 4.78 is 4.92. The number of ether oxygens (including phenoxy) is 1. The lowest BCUT2D eigenvalue weighted by atomic mass is 10.1. The van der Waals surface area contributed by atoms with E-state index in [1.807, 2.05) is 0 Å². The first-order valence-electron chi connectivity index (χ1n) is 4.61. The van der Waals surface area contributed by atoms with Gasteiger partial charge in [-0.2, -0.15) is 0 Å². The van der Waals surface area contributed by atoms with Gasteiger partial charge in [0.1, 0.15) is 0 Å². The van der Waals surface area contributed by atoms with E-state index >= 15 is 0 Å². The normalized spacial score (nSPS) is 13.2. The van der Waals surface area contributed by atoms with Crippen molar-refractivity contribution in [2.75, 3.05) is 33.4 Å². The molecule has 0 aromatic heterocycles. The quantitative estimate of drug-likeness (QED) is 0.532. The average Bonchev–Trinajstić information content (AvgIpc) is 2.05. The maximum atomic E-state index is 8.63. The zero-order valence-electron chi connectivity index (χ0n) is 8.18. The number of nitrogens with one attached hydrogen (secondary N) is 1. The molecule has 0 aliphatic carbocycles. The van der Waals surface area contributed by atoms with Gasteiger partial charge in [-0.1, -0.05) is 6.92 Å². The number of hydrogen-bond donors (Lipinski definition) is 2. The van der Waals surface area contributed by atoms with Crippen LogP contribution < -0.4 is 5.32 Å². The van der Waals surface area contributed by atoms with Gasteiger partial charge in [-0.15, -0.1) is 0 Å². The van der Waals surface area contributed by atoms with Crippen LogP contribution in [0.25, 0.3) is 0 Å². The lowest BCUT2D eigenvalue weighted by Gasteiger charge is -2.10. The fourth-order valence-electron chi connectivity index (χ4n) is 1.01. The highest BCUT2D eigenvalue weighted by atomic mass is 16.5. The summed E-state index contributed by atoms with van der Waals surface area (Å²) in [5.74, 6) is 0.567. The molecule has 0 saturated carbocycles. The second-order valence-electron chi connectivity index (χ2n) is 3.17. The third-order valence-corrected chi connectivity index (χ3v) is 1.82. The van der Waals surface area contributed by atoms with E-state index in [1.165, 1.54) is 0 Å². The van der Waals surface area contributed by atoms with Crippen LogP contribution in [-0.2, 0) is 4.74 Å². The number of hydrogen-bond acceptors (Lipinski definition) is 3. The van der Waals surface area contributed by atoms with Crippen molar-refractivity contribution in [1.82, 2.24) is 5.32 Å². The standard InChI is InChI=1S/C9H21NO2/c1-9(4-6-11)8-10-5-3-7-12-2/h9-11H,3-8H2,1-2H3. The minimum Gasteiger partial charge on any atom is -0.396 e. The van der Waals surface area contributed by atoms with Crippen molar-refractivity contribution in [3.63, 3.8) is 0 Å². The van der Waals surface area contributed by atoms with Crippen LogP contribution in [0, 0.1) is 5.92 Å². The molecule has 2 N–H and O–H groups in total. The van der Waals surface area contributed by atoms with Gasteiger partial charge >= 0.3 is 0 Å². The summed E-state index contributed by atoms with van der Waals surface area (Å²) in [4.78, 5) is 0. The van der Waals surface area contributed by atoms with Crippen LogP contribution in [0.2, 0.25) is 0 Å². The highest BCUT2D eigenvalue weighted by Gasteiger charge is 1.98.